The van der Waals surface area contributed by atoms with Crippen molar-refractivity contribution in [1.82, 2.24) is 0 Å². The Hall–Kier alpha value is -1.55. The topological polar surface area (TPSA) is 107 Å². The molecule has 0 radical (unpaired) electrons. The molecule has 2 fully saturated rings. The normalized spacial score (nSPS) is 25.7. The maximum Gasteiger partial charge on any atom is 0.453 e. The van der Waals surface area contributed by atoms with Crippen molar-refractivity contribution in [1.29, 1.82) is 0 Å². The Labute approximate surface area is 327 Å². The number of rotatable bonds is 26. The molecule has 2 saturated carbocycles. The summed E-state index contributed by atoms with van der Waals surface area (Å²) in [7, 11) is 1.62. The summed E-state index contributed by atoms with van der Waals surface area (Å²) in [6.07, 6.45) is 5.20. The Balaban J connectivity index is 1.19. The van der Waals surface area contributed by atoms with E-state index in [-0.39, 0.29) is 30.5 Å². The molecule has 0 heterocycles. The van der Waals surface area contributed by atoms with Gasteiger partial charge < -0.3 is 33.3 Å². The van der Waals surface area contributed by atoms with Crippen LogP contribution in [-0.4, -0.2) is 98.7 Å². The van der Waals surface area contributed by atoms with Crippen LogP contribution in [0.15, 0.2) is 18.2 Å². The second-order valence-corrected chi connectivity index (χ2v) is 17.6. The first-order chi connectivity index (χ1) is 26.3. The molecule has 14 heteroatoms. The van der Waals surface area contributed by atoms with Crippen molar-refractivity contribution in [3.8, 4) is 5.75 Å². The predicted octanol–water partition coefficient (Wildman–Crippen LogP) is 8.58. The van der Waals surface area contributed by atoms with E-state index >= 15 is 0 Å². The van der Waals surface area contributed by atoms with Crippen LogP contribution in [0.5, 0.6) is 5.75 Å². The molecule has 55 heavy (non-hydrogen) atoms. The largest absolute Gasteiger partial charge is 0.616 e. The number of esters is 1. The Kier molecular flexibility index (Phi) is 18.9. The Morgan fingerprint density at radius 2 is 1.51 bits per heavy atom. The van der Waals surface area contributed by atoms with Gasteiger partial charge in [-0.1, -0.05) is 56.3 Å². The molecule has 0 amide bonds. The molecule has 0 spiro atoms. The number of hydrogen-bond donors (Lipinski definition) is 1. The van der Waals surface area contributed by atoms with Crippen molar-refractivity contribution >= 4 is 17.1 Å². The van der Waals surface area contributed by atoms with E-state index < -0.39 is 42.1 Å². The SMILES string of the molecule is COCCOCCOCCOCC(=O)Oc1ccc2c(c1)C[C@@H](CCCCCCCCC[S+]([O-])CCCC(F)(F)C(F)(F)F)[C@@H]1[C@@H]2CC[C@]2(C)[C@@H](O)CC[C@@H]12. The van der Waals surface area contributed by atoms with Gasteiger partial charge in [-0.15, -0.1) is 0 Å². The van der Waals surface area contributed by atoms with Crippen molar-refractivity contribution in [3.05, 3.63) is 29.3 Å². The summed E-state index contributed by atoms with van der Waals surface area (Å²) >= 11 is -1.39. The summed E-state index contributed by atoms with van der Waals surface area (Å²) in [5, 5.41) is 11.0. The summed E-state index contributed by atoms with van der Waals surface area (Å²) in [5.41, 5.74) is 2.55. The van der Waals surface area contributed by atoms with Crippen LogP contribution in [0.2, 0.25) is 0 Å². The molecular formula is C41H63F5O8S. The highest BCUT2D eigenvalue weighted by Gasteiger charge is 2.57. The summed E-state index contributed by atoms with van der Waals surface area (Å²) < 4.78 is 102. The lowest BCUT2D eigenvalue weighted by molar-refractivity contribution is -0.284. The zero-order valence-electron chi connectivity index (χ0n) is 32.7. The Bertz CT molecular complexity index is 1290. The number of hydrogen-bond acceptors (Lipinski definition) is 8. The fourth-order valence-corrected chi connectivity index (χ4v) is 10.4. The lowest BCUT2D eigenvalue weighted by atomic mass is 9.52. The lowest BCUT2D eigenvalue weighted by Crippen LogP contribution is -2.47. The second kappa shape index (κ2) is 22.6. The van der Waals surface area contributed by atoms with Gasteiger partial charge in [-0.25, -0.2) is 4.79 Å². The summed E-state index contributed by atoms with van der Waals surface area (Å²) in [4.78, 5) is 12.6. The van der Waals surface area contributed by atoms with Gasteiger partial charge in [0.2, 0.25) is 0 Å². The highest BCUT2D eigenvalue weighted by Crippen LogP contribution is 2.62. The van der Waals surface area contributed by atoms with E-state index in [9.17, 15) is 36.4 Å². The van der Waals surface area contributed by atoms with E-state index in [1.165, 1.54) is 11.1 Å². The number of carbonyl (C=O) groups is 1. The Morgan fingerprint density at radius 1 is 0.873 bits per heavy atom. The first-order valence-electron chi connectivity index (χ1n) is 20.3. The lowest BCUT2D eigenvalue weighted by Gasteiger charge is -2.53. The number of halogens is 5. The third-order valence-corrected chi connectivity index (χ3v) is 13.7. The number of carbonyl (C=O) groups excluding carboxylic acids is 1. The van der Waals surface area contributed by atoms with Crippen LogP contribution in [0.1, 0.15) is 114 Å². The van der Waals surface area contributed by atoms with Crippen LogP contribution in [0, 0.1) is 23.2 Å². The van der Waals surface area contributed by atoms with Crippen LogP contribution in [-0.2, 0) is 41.3 Å². The van der Waals surface area contributed by atoms with Crippen LogP contribution in [0.3, 0.4) is 0 Å². The predicted molar refractivity (Wildman–Crippen MR) is 201 cm³/mol. The molecule has 4 rings (SSSR count). The molecule has 316 valence electrons. The molecule has 1 aromatic rings. The number of ether oxygens (including phenoxy) is 5. The fraction of sp³-hybridized carbons (Fsp3) is 0.829. The van der Waals surface area contributed by atoms with Crippen LogP contribution < -0.4 is 4.74 Å². The number of alkyl halides is 5. The summed E-state index contributed by atoms with van der Waals surface area (Å²) in [5.74, 6) is -2.60. The van der Waals surface area contributed by atoms with Crippen LogP contribution in [0.25, 0.3) is 0 Å². The van der Waals surface area contributed by atoms with Gasteiger partial charge in [-0.2, -0.15) is 22.0 Å². The van der Waals surface area contributed by atoms with E-state index in [1.807, 2.05) is 12.1 Å². The average Bonchev–Trinajstić information content (AvgIpc) is 3.44. The minimum absolute atomic E-state index is 0.0485. The molecule has 3 aliphatic rings. The minimum Gasteiger partial charge on any atom is -0.616 e. The molecule has 0 aromatic heterocycles. The van der Waals surface area contributed by atoms with E-state index in [0.29, 0.717) is 74.6 Å². The number of aliphatic hydroxyl groups excluding tert-OH is 1. The number of unbranched alkanes of at least 4 members (excludes halogenated alkanes) is 6. The number of benzene rings is 1. The summed E-state index contributed by atoms with van der Waals surface area (Å²) in [6.45, 7) is 4.68. The van der Waals surface area contributed by atoms with Crippen LogP contribution in [0.4, 0.5) is 22.0 Å². The molecule has 0 bridgehead atoms. The van der Waals surface area contributed by atoms with Gasteiger partial charge in [-0.05, 0) is 110 Å². The molecule has 1 unspecified atom stereocenters. The van der Waals surface area contributed by atoms with E-state index in [4.69, 9.17) is 23.7 Å². The monoisotopic (exact) mass is 810 g/mol. The van der Waals surface area contributed by atoms with Crippen molar-refractivity contribution in [2.45, 2.75) is 127 Å². The standard InChI is InChI=1S/C41H63F5O8S/c1-39-18-16-34-33-13-12-32(54-37(48)29-53-24-23-52-22-21-51-20-19-50-2)28-31(33)27-30(38(34)35(39)14-15-36(39)47)11-8-6-4-3-5-7-9-25-55(49)26-10-17-40(42,43)41(44,45)46/h12-13,28,30,34-36,38,47H,3-11,14-27,29H2,1-2H3/t30-,34-,35+,36+,38-,39+,55?/m1/s1. The van der Waals surface area contributed by atoms with Crippen molar-refractivity contribution in [2.75, 3.05) is 64.9 Å². The molecule has 0 aliphatic heterocycles. The third kappa shape index (κ3) is 13.8. The molecule has 3 aliphatic carbocycles. The van der Waals surface area contributed by atoms with Gasteiger partial charge in [0, 0.05) is 13.5 Å². The fourth-order valence-electron chi connectivity index (χ4n) is 9.24. The molecule has 8 nitrogen and oxygen atoms in total. The first-order valence-corrected chi connectivity index (χ1v) is 21.8. The van der Waals surface area contributed by atoms with E-state index in [2.05, 4.69) is 13.0 Å². The van der Waals surface area contributed by atoms with Gasteiger partial charge in [0.25, 0.3) is 0 Å². The van der Waals surface area contributed by atoms with Gasteiger partial charge in [0.15, 0.2) is 0 Å². The van der Waals surface area contributed by atoms with E-state index in [1.54, 1.807) is 7.11 Å². The van der Waals surface area contributed by atoms with Gasteiger partial charge in [0.05, 0.1) is 45.7 Å². The van der Waals surface area contributed by atoms with E-state index in [0.717, 1.165) is 77.0 Å². The van der Waals surface area contributed by atoms with Gasteiger partial charge >= 0.3 is 18.1 Å². The van der Waals surface area contributed by atoms with Crippen molar-refractivity contribution < 1.29 is 60.1 Å². The first kappa shape index (κ1) is 46.1. The van der Waals surface area contributed by atoms with Crippen molar-refractivity contribution in [2.24, 2.45) is 23.2 Å². The highest BCUT2D eigenvalue weighted by molar-refractivity contribution is 7.91. The molecular weight excluding hydrogens is 748 g/mol. The molecule has 0 saturated heterocycles. The Morgan fingerprint density at radius 3 is 2.20 bits per heavy atom. The maximum atomic E-state index is 13.1. The quantitative estimate of drug-likeness (QED) is 0.0326. The smallest absolute Gasteiger partial charge is 0.453 e. The maximum absolute atomic E-state index is 13.1. The average molecular weight is 811 g/mol. The summed E-state index contributed by atoms with van der Waals surface area (Å²) in [6, 6.07) is 6.08. The van der Waals surface area contributed by atoms with Gasteiger partial charge in [0.1, 0.15) is 23.9 Å². The van der Waals surface area contributed by atoms with Gasteiger partial charge in [-0.3, -0.25) is 0 Å². The molecule has 1 N–H and O–H groups in total. The minimum atomic E-state index is -5.56. The van der Waals surface area contributed by atoms with Crippen molar-refractivity contribution in [3.63, 3.8) is 0 Å². The number of fused-ring (bicyclic) bond motifs is 5. The third-order valence-electron chi connectivity index (χ3n) is 12.2. The zero-order chi connectivity index (χ0) is 39.9. The molecule has 1 aromatic carbocycles. The zero-order valence-corrected chi connectivity index (χ0v) is 33.5. The number of aliphatic hydroxyl groups is 1. The van der Waals surface area contributed by atoms with Crippen LogP contribution >= 0.6 is 0 Å². The highest BCUT2D eigenvalue weighted by atomic mass is 32.2. The second-order valence-electron chi connectivity index (χ2n) is 15.9. The molecule has 7 atom stereocenters. The number of methoxy groups -OCH3 is 1.